The van der Waals surface area contributed by atoms with E-state index in [1.807, 2.05) is 31.2 Å². The lowest BCUT2D eigenvalue weighted by atomic mass is 10.1. The Kier molecular flexibility index (Phi) is 4.80. The molecule has 0 saturated heterocycles. The number of benzene rings is 2. The first kappa shape index (κ1) is 16.7. The van der Waals surface area contributed by atoms with Gasteiger partial charge in [0.1, 0.15) is 6.54 Å². The molecule has 1 aliphatic heterocycles. The van der Waals surface area contributed by atoms with Crippen molar-refractivity contribution in [2.24, 2.45) is 0 Å². The number of hydrogen-bond donors (Lipinski definition) is 1. The largest absolute Gasteiger partial charge is 0.324 e. The van der Waals surface area contributed by atoms with E-state index in [4.69, 9.17) is 5.26 Å². The molecule has 1 aliphatic rings. The molecule has 2 aromatic rings. The van der Waals surface area contributed by atoms with E-state index in [1.54, 1.807) is 23.1 Å². The number of carbonyl (C=O) groups is 2. The van der Waals surface area contributed by atoms with Crippen molar-refractivity contribution in [1.29, 1.82) is 5.26 Å². The average Bonchev–Trinajstić information content (AvgIpc) is 2.76. The Morgan fingerprint density at radius 3 is 2.84 bits per heavy atom. The molecule has 0 spiro atoms. The van der Waals surface area contributed by atoms with Crippen LogP contribution in [0, 0.1) is 18.3 Å². The van der Waals surface area contributed by atoms with Gasteiger partial charge in [-0.15, -0.1) is 0 Å². The van der Waals surface area contributed by atoms with Gasteiger partial charge >= 0.3 is 0 Å². The van der Waals surface area contributed by atoms with E-state index in [-0.39, 0.29) is 18.4 Å². The van der Waals surface area contributed by atoms with Crippen molar-refractivity contribution >= 4 is 23.2 Å². The normalized spacial score (nSPS) is 13.6. The van der Waals surface area contributed by atoms with Crippen molar-refractivity contribution in [3.8, 4) is 6.07 Å². The fraction of sp³-hybridized carbons (Fsp3) is 0.250. The maximum Gasteiger partial charge on any atom is 0.244 e. The molecule has 1 heterocycles. The van der Waals surface area contributed by atoms with Gasteiger partial charge in [-0.2, -0.15) is 5.26 Å². The number of nitriles is 1. The molecule has 2 aromatic carbocycles. The van der Waals surface area contributed by atoms with Crippen LogP contribution in [0.25, 0.3) is 0 Å². The van der Waals surface area contributed by atoms with E-state index in [1.165, 1.54) is 0 Å². The minimum atomic E-state index is -0.275. The fourth-order valence-corrected chi connectivity index (χ4v) is 3.02. The molecule has 2 amide bonds. The Bertz CT molecular complexity index is 867. The van der Waals surface area contributed by atoms with Gasteiger partial charge in [0.25, 0.3) is 0 Å². The molecule has 126 valence electrons. The summed E-state index contributed by atoms with van der Waals surface area (Å²) in [6.45, 7) is 1.83. The number of carbonyl (C=O) groups excluding carboxylic acids is 2. The first-order valence-corrected chi connectivity index (χ1v) is 8.27. The highest BCUT2D eigenvalue weighted by Gasteiger charge is 2.24. The number of hydrogen-bond acceptors (Lipinski definition) is 3. The monoisotopic (exact) mass is 333 g/mol. The van der Waals surface area contributed by atoms with Gasteiger partial charge in [0.2, 0.25) is 11.8 Å². The molecular weight excluding hydrogens is 314 g/mol. The molecule has 0 bridgehead atoms. The van der Waals surface area contributed by atoms with Crippen LogP contribution in [0.1, 0.15) is 29.5 Å². The lowest BCUT2D eigenvalue weighted by Gasteiger charge is -2.22. The molecule has 0 fully saturated rings. The van der Waals surface area contributed by atoms with Crippen molar-refractivity contribution in [1.82, 2.24) is 0 Å². The molecule has 3 rings (SSSR count). The molecule has 25 heavy (non-hydrogen) atoms. The van der Waals surface area contributed by atoms with E-state index >= 15 is 0 Å². The summed E-state index contributed by atoms with van der Waals surface area (Å²) in [6.07, 6.45) is 2.06. The molecule has 0 aliphatic carbocycles. The van der Waals surface area contributed by atoms with Gasteiger partial charge in [-0.3, -0.25) is 9.59 Å². The quantitative estimate of drug-likeness (QED) is 0.937. The summed E-state index contributed by atoms with van der Waals surface area (Å²) in [4.78, 5) is 26.5. The Morgan fingerprint density at radius 2 is 2.04 bits per heavy atom. The smallest absolute Gasteiger partial charge is 0.244 e. The van der Waals surface area contributed by atoms with Crippen LogP contribution in [0.3, 0.4) is 0 Å². The Morgan fingerprint density at radius 1 is 1.24 bits per heavy atom. The van der Waals surface area contributed by atoms with Gasteiger partial charge in [-0.25, -0.2) is 0 Å². The second-order valence-electron chi connectivity index (χ2n) is 6.15. The Hall–Kier alpha value is -3.13. The van der Waals surface area contributed by atoms with Crippen LogP contribution in [-0.2, 0) is 16.0 Å². The number of aryl methyl sites for hydroxylation is 2. The maximum atomic E-state index is 12.5. The molecule has 0 unspecified atom stereocenters. The van der Waals surface area contributed by atoms with Crippen molar-refractivity contribution in [2.45, 2.75) is 26.2 Å². The van der Waals surface area contributed by atoms with E-state index in [0.29, 0.717) is 17.7 Å². The van der Waals surface area contributed by atoms with Gasteiger partial charge in [0.15, 0.2) is 0 Å². The molecule has 0 saturated carbocycles. The molecule has 0 aromatic heterocycles. The van der Waals surface area contributed by atoms with Crippen molar-refractivity contribution in [3.05, 3.63) is 59.2 Å². The third-order valence-electron chi connectivity index (χ3n) is 4.36. The zero-order chi connectivity index (χ0) is 17.8. The number of nitrogens with one attached hydrogen (secondary N) is 1. The summed E-state index contributed by atoms with van der Waals surface area (Å²) in [5, 5.41) is 11.8. The fourth-order valence-electron chi connectivity index (χ4n) is 3.02. The highest BCUT2D eigenvalue weighted by atomic mass is 16.2. The standard InChI is InChI=1S/C20H19N3O2/c1-14-9-10-15(12-21)11-17(14)22-19(24)13-23-18-7-3-2-5-16(18)6-4-8-20(23)25/h2-3,5,7,9-11H,4,6,8,13H2,1H3,(H,22,24). The van der Waals surface area contributed by atoms with Crippen molar-refractivity contribution in [2.75, 3.05) is 16.8 Å². The summed E-state index contributed by atoms with van der Waals surface area (Å²) < 4.78 is 0. The van der Waals surface area contributed by atoms with Crippen LogP contribution in [0.15, 0.2) is 42.5 Å². The average molecular weight is 333 g/mol. The number of para-hydroxylation sites is 1. The van der Waals surface area contributed by atoms with Crippen molar-refractivity contribution < 1.29 is 9.59 Å². The predicted molar refractivity (Wildman–Crippen MR) is 96.3 cm³/mol. The number of fused-ring (bicyclic) bond motifs is 1. The number of nitrogens with zero attached hydrogens (tertiary/aromatic N) is 2. The number of anilines is 2. The van der Waals surface area contributed by atoms with Gasteiger partial charge in [0, 0.05) is 17.8 Å². The van der Waals surface area contributed by atoms with Gasteiger partial charge in [-0.05, 0) is 49.1 Å². The molecule has 5 nitrogen and oxygen atoms in total. The van der Waals surface area contributed by atoms with Gasteiger partial charge in [-0.1, -0.05) is 24.3 Å². The van der Waals surface area contributed by atoms with Crippen LogP contribution in [0.5, 0.6) is 0 Å². The van der Waals surface area contributed by atoms with Crippen LogP contribution in [0.4, 0.5) is 11.4 Å². The number of rotatable bonds is 3. The molecule has 1 N–H and O–H groups in total. The summed E-state index contributed by atoms with van der Waals surface area (Å²) in [5.74, 6) is -0.314. The molecule has 5 heteroatoms. The van der Waals surface area contributed by atoms with Crippen molar-refractivity contribution in [3.63, 3.8) is 0 Å². The van der Waals surface area contributed by atoms with Crippen LogP contribution in [0.2, 0.25) is 0 Å². The van der Waals surface area contributed by atoms with E-state index < -0.39 is 0 Å². The second kappa shape index (κ2) is 7.18. The lowest BCUT2D eigenvalue weighted by molar-refractivity contribution is -0.121. The third kappa shape index (κ3) is 3.69. The summed E-state index contributed by atoms with van der Waals surface area (Å²) in [7, 11) is 0. The van der Waals surface area contributed by atoms with Gasteiger partial charge in [0.05, 0.1) is 11.6 Å². The topological polar surface area (TPSA) is 73.2 Å². The highest BCUT2D eigenvalue weighted by Crippen LogP contribution is 2.26. The minimum absolute atomic E-state index is 0.0356. The lowest BCUT2D eigenvalue weighted by Crippen LogP contribution is -2.37. The summed E-state index contributed by atoms with van der Waals surface area (Å²) in [6, 6.07) is 14.9. The van der Waals surface area contributed by atoms with Crippen LogP contribution >= 0.6 is 0 Å². The second-order valence-corrected chi connectivity index (χ2v) is 6.15. The molecule has 0 atom stereocenters. The zero-order valence-corrected chi connectivity index (χ0v) is 14.1. The van der Waals surface area contributed by atoms with Crippen LogP contribution in [-0.4, -0.2) is 18.4 Å². The Labute approximate surface area is 146 Å². The first-order valence-electron chi connectivity index (χ1n) is 8.27. The van der Waals surface area contributed by atoms with Crippen LogP contribution < -0.4 is 10.2 Å². The van der Waals surface area contributed by atoms with E-state index in [0.717, 1.165) is 29.7 Å². The molecule has 0 radical (unpaired) electrons. The van der Waals surface area contributed by atoms with Gasteiger partial charge < -0.3 is 10.2 Å². The summed E-state index contributed by atoms with van der Waals surface area (Å²) >= 11 is 0. The summed E-state index contributed by atoms with van der Waals surface area (Å²) in [5.41, 5.74) is 3.85. The van der Waals surface area contributed by atoms with E-state index in [2.05, 4.69) is 11.4 Å². The SMILES string of the molecule is Cc1ccc(C#N)cc1NC(=O)CN1C(=O)CCCc2ccccc21. The zero-order valence-electron chi connectivity index (χ0n) is 14.1. The number of amides is 2. The predicted octanol–water partition coefficient (Wildman–Crippen LogP) is 3.17. The highest BCUT2D eigenvalue weighted by molar-refractivity contribution is 6.03. The minimum Gasteiger partial charge on any atom is -0.324 e. The maximum absolute atomic E-state index is 12.5. The Balaban J connectivity index is 1.81. The third-order valence-corrected chi connectivity index (χ3v) is 4.36. The molecular formula is C20H19N3O2. The van der Waals surface area contributed by atoms with E-state index in [9.17, 15) is 9.59 Å². The first-order chi connectivity index (χ1) is 12.1.